The fraction of sp³-hybridized carbons (Fsp3) is 0.918. The van der Waals surface area contributed by atoms with Crippen molar-refractivity contribution in [3.8, 4) is 0 Å². The second-order valence-corrected chi connectivity index (χ2v) is 20.6. The first-order chi connectivity index (χ1) is 33.0. The molecule has 0 radical (unpaired) electrons. The standard InChI is InChI=1S/C61H116O6/c1-4-7-10-13-16-19-22-24-26-28-30-32-34-36-39-41-44-47-50-53-59(62)65-56-58(67-61(64)55-52-49-46-43-38-21-18-15-12-9-6-3)57-66-60(63)54-51-48-45-42-40-37-35-33-31-29-27-25-23-20-17-14-11-8-5-2/h24,26,58H,4-23,25,27-57H2,1-3H3/b26-24-/t58-/m1/s1. The first kappa shape index (κ1) is 65.1. The average Bonchev–Trinajstić information content (AvgIpc) is 3.33. The molecule has 0 rings (SSSR count). The Morgan fingerprint density at radius 1 is 0.284 bits per heavy atom. The summed E-state index contributed by atoms with van der Waals surface area (Å²) in [4.78, 5) is 38.1. The van der Waals surface area contributed by atoms with E-state index in [-0.39, 0.29) is 31.1 Å². The predicted octanol–water partition coefficient (Wildman–Crippen LogP) is 20.1. The van der Waals surface area contributed by atoms with Crippen LogP contribution in [0.5, 0.6) is 0 Å². The number of esters is 3. The topological polar surface area (TPSA) is 78.9 Å². The van der Waals surface area contributed by atoms with Crippen LogP contribution in [-0.4, -0.2) is 37.2 Å². The van der Waals surface area contributed by atoms with Crippen LogP contribution in [-0.2, 0) is 28.6 Å². The second kappa shape index (κ2) is 56.7. The van der Waals surface area contributed by atoms with Crippen molar-refractivity contribution in [1.29, 1.82) is 0 Å². The van der Waals surface area contributed by atoms with Crippen LogP contribution in [0.25, 0.3) is 0 Å². The molecule has 0 bridgehead atoms. The highest BCUT2D eigenvalue weighted by Gasteiger charge is 2.19. The zero-order valence-electron chi connectivity index (χ0n) is 45.5. The molecule has 0 heterocycles. The fourth-order valence-electron chi connectivity index (χ4n) is 9.21. The van der Waals surface area contributed by atoms with E-state index in [9.17, 15) is 14.4 Å². The molecule has 0 N–H and O–H groups in total. The second-order valence-electron chi connectivity index (χ2n) is 20.6. The van der Waals surface area contributed by atoms with E-state index in [1.807, 2.05) is 0 Å². The highest BCUT2D eigenvalue weighted by Crippen LogP contribution is 2.17. The van der Waals surface area contributed by atoms with Crippen molar-refractivity contribution in [1.82, 2.24) is 0 Å². The molecule has 6 nitrogen and oxygen atoms in total. The van der Waals surface area contributed by atoms with Crippen molar-refractivity contribution in [2.24, 2.45) is 0 Å². The largest absolute Gasteiger partial charge is 0.462 e. The van der Waals surface area contributed by atoms with Crippen LogP contribution >= 0.6 is 0 Å². The van der Waals surface area contributed by atoms with Gasteiger partial charge in [0, 0.05) is 19.3 Å². The predicted molar refractivity (Wildman–Crippen MR) is 289 cm³/mol. The summed E-state index contributed by atoms with van der Waals surface area (Å²) < 4.78 is 16.9. The van der Waals surface area contributed by atoms with Crippen molar-refractivity contribution in [3.63, 3.8) is 0 Å². The van der Waals surface area contributed by atoms with Gasteiger partial charge in [-0.05, 0) is 44.9 Å². The highest BCUT2D eigenvalue weighted by atomic mass is 16.6. The van der Waals surface area contributed by atoms with Gasteiger partial charge in [0.1, 0.15) is 13.2 Å². The number of hydrogen-bond donors (Lipinski definition) is 0. The lowest BCUT2D eigenvalue weighted by molar-refractivity contribution is -0.167. The summed E-state index contributed by atoms with van der Waals surface area (Å²) in [6.45, 7) is 6.69. The van der Waals surface area contributed by atoms with E-state index in [4.69, 9.17) is 14.2 Å². The van der Waals surface area contributed by atoms with Gasteiger partial charge < -0.3 is 14.2 Å². The SMILES string of the molecule is CCCCCCCC/C=C\CCCCCCCCCCCC(=O)OC[C@H](COC(=O)CCCCCCCCCCCCCCCCCCCCC)OC(=O)CCCCCCCCCCCCC. The minimum absolute atomic E-state index is 0.0643. The van der Waals surface area contributed by atoms with Gasteiger partial charge in [0.2, 0.25) is 0 Å². The maximum atomic E-state index is 12.8. The van der Waals surface area contributed by atoms with Crippen LogP contribution in [0.1, 0.15) is 342 Å². The molecule has 396 valence electrons. The monoisotopic (exact) mass is 945 g/mol. The number of carbonyl (C=O) groups is 3. The molecule has 0 saturated heterocycles. The molecule has 0 aromatic carbocycles. The van der Waals surface area contributed by atoms with Crippen molar-refractivity contribution < 1.29 is 28.6 Å². The normalized spacial score (nSPS) is 12.0. The number of hydrogen-bond acceptors (Lipinski definition) is 6. The third-order valence-corrected chi connectivity index (χ3v) is 13.8. The van der Waals surface area contributed by atoms with E-state index < -0.39 is 6.10 Å². The molecule has 0 spiro atoms. The molecule has 0 aromatic rings. The Kier molecular flexibility index (Phi) is 55.2. The van der Waals surface area contributed by atoms with Crippen LogP contribution in [0.15, 0.2) is 12.2 Å². The Hall–Kier alpha value is -1.85. The summed E-state index contributed by atoms with van der Waals surface area (Å²) in [5.74, 6) is -0.841. The quantitative estimate of drug-likeness (QED) is 0.0262. The van der Waals surface area contributed by atoms with E-state index in [2.05, 4.69) is 32.9 Å². The van der Waals surface area contributed by atoms with E-state index >= 15 is 0 Å². The summed E-state index contributed by atoms with van der Waals surface area (Å²) >= 11 is 0. The Balaban J connectivity index is 4.23. The van der Waals surface area contributed by atoms with Gasteiger partial charge >= 0.3 is 17.9 Å². The average molecular weight is 946 g/mol. The molecule has 0 amide bonds. The number of ether oxygens (including phenoxy) is 3. The van der Waals surface area contributed by atoms with E-state index in [0.717, 1.165) is 57.8 Å². The molecule has 1 atom stereocenters. The number of rotatable bonds is 56. The lowest BCUT2D eigenvalue weighted by atomic mass is 10.0. The molecular weight excluding hydrogens is 829 g/mol. The van der Waals surface area contributed by atoms with Gasteiger partial charge in [-0.25, -0.2) is 0 Å². The zero-order chi connectivity index (χ0) is 48.6. The van der Waals surface area contributed by atoms with E-state index in [0.29, 0.717) is 19.3 Å². The van der Waals surface area contributed by atoms with Gasteiger partial charge in [0.25, 0.3) is 0 Å². The van der Waals surface area contributed by atoms with Crippen LogP contribution in [0.2, 0.25) is 0 Å². The number of carbonyl (C=O) groups excluding carboxylic acids is 3. The van der Waals surface area contributed by atoms with E-state index in [1.165, 1.54) is 244 Å². The molecule has 0 aliphatic rings. The van der Waals surface area contributed by atoms with Crippen LogP contribution < -0.4 is 0 Å². The smallest absolute Gasteiger partial charge is 0.306 e. The van der Waals surface area contributed by atoms with Gasteiger partial charge in [0.05, 0.1) is 0 Å². The molecule has 0 aliphatic carbocycles. The summed E-state index contributed by atoms with van der Waals surface area (Å²) in [6.07, 6.45) is 65.0. The Morgan fingerprint density at radius 2 is 0.493 bits per heavy atom. The molecule has 0 unspecified atom stereocenters. The van der Waals surface area contributed by atoms with Gasteiger partial charge in [-0.3, -0.25) is 14.4 Å². The Morgan fingerprint density at radius 3 is 0.746 bits per heavy atom. The third-order valence-electron chi connectivity index (χ3n) is 13.8. The summed E-state index contributed by atoms with van der Waals surface area (Å²) in [6, 6.07) is 0. The number of allylic oxidation sites excluding steroid dienone is 2. The van der Waals surface area contributed by atoms with Crippen molar-refractivity contribution >= 4 is 17.9 Å². The van der Waals surface area contributed by atoms with Crippen LogP contribution in [0.3, 0.4) is 0 Å². The van der Waals surface area contributed by atoms with Crippen molar-refractivity contribution in [2.75, 3.05) is 13.2 Å². The Bertz CT molecular complexity index is 1040. The van der Waals surface area contributed by atoms with Crippen LogP contribution in [0.4, 0.5) is 0 Å². The van der Waals surface area contributed by atoms with Gasteiger partial charge in [-0.2, -0.15) is 0 Å². The zero-order valence-corrected chi connectivity index (χ0v) is 45.5. The van der Waals surface area contributed by atoms with Crippen molar-refractivity contribution in [2.45, 2.75) is 348 Å². The summed E-state index contributed by atoms with van der Waals surface area (Å²) in [5, 5.41) is 0. The minimum Gasteiger partial charge on any atom is -0.462 e. The van der Waals surface area contributed by atoms with E-state index in [1.54, 1.807) is 0 Å². The maximum Gasteiger partial charge on any atom is 0.306 e. The summed E-state index contributed by atoms with van der Waals surface area (Å²) in [7, 11) is 0. The van der Waals surface area contributed by atoms with Crippen LogP contribution in [0, 0.1) is 0 Å². The number of unbranched alkanes of at least 4 members (excludes halogenated alkanes) is 43. The fourth-order valence-corrected chi connectivity index (χ4v) is 9.21. The molecular formula is C61H116O6. The Labute approximate surface area is 418 Å². The maximum absolute atomic E-state index is 12.8. The first-order valence-corrected chi connectivity index (χ1v) is 30.2. The molecule has 67 heavy (non-hydrogen) atoms. The third kappa shape index (κ3) is 55.0. The summed E-state index contributed by atoms with van der Waals surface area (Å²) in [5.41, 5.74) is 0. The highest BCUT2D eigenvalue weighted by molar-refractivity contribution is 5.71. The van der Waals surface area contributed by atoms with Gasteiger partial charge in [-0.15, -0.1) is 0 Å². The van der Waals surface area contributed by atoms with Crippen molar-refractivity contribution in [3.05, 3.63) is 12.2 Å². The van der Waals surface area contributed by atoms with Gasteiger partial charge in [-0.1, -0.05) is 290 Å². The molecule has 0 aliphatic heterocycles. The molecule has 0 aromatic heterocycles. The molecule has 0 fully saturated rings. The molecule has 0 saturated carbocycles. The lowest BCUT2D eigenvalue weighted by Gasteiger charge is -2.18. The minimum atomic E-state index is -0.764. The first-order valence-electron chi connectivity index (χ1n) is 30.2. The van der Waals surface area contributed by atoms with Gasteiger partial charge in [0.15, 0.2) is 6.10 Å². The molecule has 6 heteroatoms. The lowest BCUT2D eigenvalue weighted by Crippen LogP contribution is -2.30.